The molecule has 10 heteroatoms. The number of aromatic amines is 1. The SMILES string of the molecule is CCOc1cc(-c2ccc(N3CC4CCC3CN4C(=O)O)nc2)c2c3cn[nH]c3nn2c1. The quantitative estimate of drug-likeness (QED) is 0.509. The molecule has 7 heterocycles. The van der Waals surface area contributed by atoms with Gasteiger partial charge in [-0.3, -0.25) is 5.10 Å². The van der Waals surface area contributed by atoms with Crippen LogP contribution < -0.4 is 9.64 Å². The van der Waals surface area contributed by atoms with Gasteiger partial charge in [0.2, 0.25) is 0 Å². The number of aromatic nitrogens is 5. The number of hydrogen-bond acceptors (Lipinski definition) is 6. The number of rotatable bonds is 4. The lowest BCUT2D eigenvalue weighted by Crippen LogP contribution is -2.64. The van der Waals surface area contributed by atoms with Crippen molar-refractivity contribution in [3.8, 4) is 16.9 Å². The third kappa shape index (κ3) is 2.86. The van der Waals surface area contributed by atoms with Crippen LogP contribution in [0.2, 0.25) is 0 Å². The standard InChI is InChI=1S/C22H23N7O3/c1-2-32-16-7-17(20-18-9-24-25-21(18)26-29(20)12-16)13-3-6-19(23-8-13)27-10-15-5-4-14(27)11-28(15)22(30)31/h3,6-9,12,14-15H,2,4-5,10-11H2,1H3,(H,25,26)(H,30,31). The zero-order valence-electron chi connectivity index (χ0n) is 17.6. The van der Waals surface area contributed by atoms with E-state index in [9.17, 15) is 9.90 Å². The summed E-state index contributed by atoms with van der Waals surface area (Å²) < 4.78 is 7.58. The molecule has 3 aliphatic rings. The smallest absolute Gasteiger partial charge is 0.407 e. The Morgan fingerprint density at radius 1 is 1.25 bits per heavy atom. The van der Waals surface area contributed by atoms with Gasteiger partial charge >= 0.3 is 6.09 Å². The number of nitrogens with one attached hydrogen (secondary N) is 1. The average molecular weight is 433 g/mol. The Bertz CT molecular complexity index is 1310. The first-order chi connectivity index (χ1) is 15.6. The van der Waals surface area contributed by atoms with Crippen molar-refractivity contribution < 1.29 is 14.6 Å². The number of piperazine rings is 1. The molecule has 7 rings (SSSR count). The van der Waals surface area contributed by atoms with Gasteiger partial charge in [-0.15, -0.1) is 5.10 Å². The Labute approximate surface area is 183 Å². The summed E-state index contributed by atoms with van der Waals surface area (Å²) in [7, 11) is 0. The summed E-state index contributed by atoms with van der Waals surface area (Å²) in [6.07, 6.45) is 6.60. The van der Waals surface area contributed by atoms with Crippen LogP contribution in [0.4, 0.5) is 10.6 Å². The van der Waals surface area contributed by atoms with E-state index in [2.05, 4.69) is 26.3 Å². The molecular formula is C22H23N7O3. The van der Waals surface area contributed by atoms with E-state index >= 15 is 0 Å². The molecule has 3 fully saturated rings. The molecule has 2 unspecified atom stereocenters. The minimum Gasteiger partial charge on any atom is -0.492 e. The Morgan fingerprint density at radius 3 is 2.84 bits per heavy atom. The van der Waals surface area contributed by atoms with Gasteiger partial charge in [0.15, 0.2) is 5.65 Å². The number of nitrogens with zero attached hydrogens (tertiary/aromatic N) is 6. The Balaban J connectivity index is 1.37. The number of amides is 1. The lowest BCUT2D eigenvalue weighted by molar-refractivity contribution is 0.0803. The third-order valence-electron chi connectivity index (χ3n) is 6.54. The molecule has 2 atom stereocenters. The van der Waals surface area contributed by atoms with Crippen LogP contribution in [0.1, 0.15) is 19.8 Å². The van der Waals surface area contributed by atoms with Crippen molar-refractivity contribution in [1.82, 2.24) is 29.7 Å². The maximum absolute atomic E-state index is 11.5. The van der Waals surface area contributed by atoms with Gasteiger partial charge in [0, 0.05) is 36.5 Å². The number of hydrogen-bond donors (Lipinski definition) is 2. The van der Waals surface area contributed by atoms with Crippen molar-refractivity contribution in [1.29, 1.82) is 0 Å². The van der Waals surface area contributed by atoms with Crippen LogP contribution in [0.15, 0.2) is 36.8 Å². The summed E-state index contributed by atoms with van der Waals surface area (Å²) in [6.45, 7) is 3.74. The molecule has 0 spiro atoms. The molecule has 0 radical (unpaired) electrons. The molecule has 3 saturated heterocycles. The molecule has 1 amide bonds. The molecule has 2 bridgehead atoms. The van der Waals surface area contributed by atoms with Crippen molar-refractivity contribution >= 4 is 28.5 Å². The first kappa shape index (κ1) is 18.9. The number of pyridine rings is 2. The summed E-state index contributed by atoms with van der Waals surface area (Å²) in [6, 6.07) is 6.29. The molecule has 10 nitrogen and oxygen atoms in total. The average Bonchev–Trinajstić information content (AvgIpc) is 3.40. The second-order valence-corrected chi connectivity index (χ2v) is 8.33. The highest BCUT2D eigenvalue weighted by Gasteiger charge is 2.41. The monoisotopic (exact) mass is 433 g/mol. The fraction of sp³-hybridized carbons (Fsp3) is 0.364. The summed E-state index contributed by atoms with van der Waals surface area (Å²) in [5.74, 6) is 1.62. The topological polar surface area (TPSA) is 112 Å². The largest absolute Gasteiger partial charge is 0.492 e. The lowest BCUT2D eigenvalue weighted by atomic mass is 9.91. The third-order valence-corrected chi connectivity index (χ3v) is 6.54. The van der Waals surface area contributed by atoms with Gasteiger partial charge < -0.3 is 19.6 Å². The highest BCUT2D eigenvalue weighted by Crippen LogP contribution is 2.35. The van der Waals surface area contributed by atoms with E-state index < -0.39 is 6.09 Å². The van der Waals surface area contributed by atoms with Gasteiger partial charge in [-0.05, 0) is 38.0 Å². The van der Waals surface area contributed by atoms with Crippen LogP contribution in [0.5, 0.6) is 5.75 Å². The van der Waals surface area contributed by atoms with Gasteiger partial charge in [0.1, 0.15) is 11.6 Å². The van der Waals surface area contributed by atoms with E-state index in [1.807, 2.05) is 36.0 Å². The second kappa shape index (κ2) is 7.11. The van der Waals surface area contributed by atoms with Gasteiger partial charge in [-0.25, -0.2) is 14.3 Å². The molecule has 2 N–H and O–H groups in total. The minimum absolute atomic E-state index is 0.0302. The van der Waals surface area contributed by atoms with Crippen LogP contribution in [0.25, 0.3) is 27.7 Å². The molecule has 4 aromatic rings. The Hall–Kier alpha value is -3.82. The number of H-pyrrole nitrogens is 1. The van der Waals surface area contributed by atoms with Crippen LogP contribution in [0, 0.1) is 0 Å². The van der Waals surface area contributed by atoms with Crippen LogP contribution >= 0.6 is 0 Å². The zero-order chi connectivity index (χ0) is 21.8. The second-order valence-electron chi connectivity index (χ2n) is 8.33. The molecule has 164 valence electrons. The molecule has 0 aromatic carbocycles. The van der Waals surface area contributed by atoms with Gasteiger partial charge in [-0.1, -0.05) is 0 Å². The van der Waals surface area contributed by atoms with Crippen LogP contribution in [-0.4, -0.2) is 72.7 Å². The number of piperidine rings is 2. The predicted octanol–water partition coefficient (Wildman–Crippen LogP) is 3.00. The van der Waals surface area contributed by atoms with Crippen molar-refractivity contribution in [2.75, 3.05) is 24.6 Å². The van der Waals surface area contributed by atoms with Crippen LogP contribution in [-0.2, 0) is 0 Å². The maximum Gasteiger partial charge on any atom is 0.407 e. The first-order valence-corrected chi connectivity index (χ1v) is 10.8. The van der Waals surface area contributed by atoms with E-state index in [1.165, 1.54) is 0 Å². The summed E-state index contributed by atoms with van der Waals surface area (Å²) >= 11 is 0. The van der Waals surface area contributed by atoms with E-state index in [1.54, 1.807) is 11.1 Å². The Morgan fingerprint density at radius 2 is 2.12 bits per heavy atom. The number of ether oxygens (including phenoxy) is 1. The zero-order valence-corrected chi connectivity index (χ0v) is 17.6. The van der Waals surface area contributed by atoms with Gasteiger partial charge in [0.05, 0.1) is 35.9 Å². The van der Waals surface area contributed by atoms with Gasteiger partial charge in [0.25, 0.3) is 0 Å². The summed E-state index contributed by atoms with van der Waals surface area (Å²) in [4.78, 5) is 20.1. The summed E-state index contributed by atoms with van der Waals surface area (Å²) in [5, 5.41) is 22.0. The van der Waals surface area contributed by atoms with E-state index in [0.717, 1.165) is 52.1 Å². The van der Waals surface area contributed by atoms with Crippen LogP contribution in [0.3, 0.4) is 0 Å². The number of fused-ring (bicyclic) bond motifs is 6. The highest BCUT2D eigenvalue weighted by molar-refractivity contribution is 6.00. The molecule has 0 saturated carbocycles. The number of carboxylic acid groups (broad SMARTS) is 1. The molecule has 0 aliphatic carbocycles. The number of anilines is 1. The fourth-order valence-electron chi connectivity index (χ4n) is 5.06. The van der Waals surface area contributed by atoms with Crippen molar-refractivity contribution in [3.05, 3.63) is 36.8 Å². The van der Waals surface area contributed by atoms with E-state index in [-0.39, 0.29) is 12.1 Å². The highest BCUT2D eigenvalue weighted by atomic mass is 16.5. The van der Waals surface area contributed by atoms with E-state index in [4.69, 9.17) is 9.72 Å². The van der Waals surface area contributed by atoms with Gasteiger partial charge in [-0.2, -0.15) is 5.10 Å². The van der Waals surface area contributed by atoms with E-state index in [0.29, 0.717) is 19.7 Å². The summed E-state index contributed by atoms with van der Waals surface area (Å²) in [5.41, 5.74) is 3.59. The normalized spacial score (nSPS) is 20.4. The first-order valence-electron chi connectivity index (χ1n) is 10.8. The Kier molecular flexibility index (Phi) is 4.20. The molecule has 4 aromatic heterocycles. The minimum atomic E-state index is -0.827. The molecule has 32 heavy (non-hydrogen) atoms. The van der Waals surface area contributed by atoms with Crippen molar-refractivity contribution in [3.63, 3.8) is 0 Å². The predicted molar refractivity (Wildman–Crippen MR) is 118 cm³/mol. The van der Waals surface area contributed by atoms with Crippen molar-refractivity contribution in [2.45, 2.75) is 31.8 Å². The maximum atomic E-state index is 11.5. The van der Waals surface area contributed by atoms with Crippen molar-refractivity contribution in [2.24, 2.45) is 0 Å². The lowest BCUT2D eigenvalue weighted by Gasteiger charge is -2.50. The molecular weight excluding hydrogens is 410 g/mol. The number of carbonyl (C=O) groups is 1. The molecule has 3 aliphatic heterocycles. The fourth-order valence-corrected chi connectivity index (χ4v) is 5.06.